The molecule has 11 nitrogen and oxygen atoms in total. The molecule has 39 heavy (non-hydrogen) atoms. The summed E-state index contributed by atoms with van der Waals surface area (Å²) in [5, 5.41) is 6.22. The van der Waals surface area contributed by atoms with Gasteiger partial charge in [-0.3, -0.25) is 4.90 Å². The van der Waals surface area contributed by atoms with Gasteiger partial charge in [0.25, 0.3) is 0 Å². The number of nitrogens with one attached hydrogen (secondary N) is 2. The molecule has 2 aromatic carbocycles. The summed E-state index contributed by atoms with van der Waals surface area (Å²) in [5.74, 6) is 2.06. The van der Waals surface area contributed by atoms with Crippen LogP contribution in [-0.4, -0.2) is 57.6 Å². The fourth-order valence-electron chi connectivity index (χ4n) is 3.42. The number of anilines is 4. The van der Waals surface area contributed by atoms with Crippen LogP contribution in [0.4, 0.5) is 27.8 Å². The molecular formula is C26H30Cl2N6O5. The normalized spacial score (nSPS) is 10.8. The number of ether oxygens (including phenoxy) is 4. The topological polar surface area (TPSA) is 133 Å². The summed E-state index contributed by atoms with van der Waals surface area (Å²) in [4.78, 5) is 22.9. The van der Waals surface area contributed by atoms with E-state index < -0.39 is 6.03 Å². The number of allylic oxidation sites excluding steroid dienone is 1. The first-order valence-corrected chi connectivity index (χ1v) is 12.4. The summed E-state index contributed by atoms with van der Waals surface area (Å²) in [6.45, 7) is 0.907. The summed E-state index contributed by atoms with van der Waals surface area (Å²) >= 11 is 12.8. The van der Waals surface area contributed by atoms with Crippen LogP contribution in [0.5, 0.6) is 17.2 Å². The van der Waals surface area contributed by atoms with Gasteiger partial charge in [0.15, 0.2) is 0 Å². The van der Waals surface area contributed by atoms with Gasteiger partial charge in [-0.1, -0.05) is 29.3 Å². The maximum Gasteiger partial charge on any atom is 0.327 e. The quantitative estimate of drug-likeness (QED) is 0.247. The lowest BCUT2D eigenvalue weighted by molar-refractivity contribution is 0.146. The number of amides is 2. The van der Waals surface area contributed by atoms with E-state index in [9.17, 15) is 4.79 Å². The number of nitrogens with zero attached hydrogens (tertiary/aromatic N) is 3. The Kier molecular flexibility index (Phi) is 10.9. The predicted molar refractivity (Wildman–Crippen MR) is 153 cm³/mol. The van der Waals surface area contributed by atoms with E-state index in [2.05, 4.69) is 20.6 Å². The number of carbonyl (C=O) groups excluding carboxylic acids is 1. The maximum atomic E-state index is 13.1. The Morgan fingerprint density at radius 3 is 2.41 bits per heavy atom. The van der Waals surface area contributed by atoms with Crippen LogP contribution in [0.1, 0.15) is 5.56 Å². The van der Waals surface area contributed by atoms with Gasteiger partial charge in [0, 0.05) is 32.0 Å². The zero-order valence-electron chi connectivity index (χ0n) is 22.0. The van der Waals surface area contributed by atoms with Crippen molar-refractivity contribution in [3.05, 3.63) is 64.5 Å². The fraction of sp³-hybridized carbons (Fsp3) is 0.269. The van der Waals surface area contributed by atoms with Crippen molar-refractivity contribution in [1.82, 2.24) is 9.97 Å². The average Bonchev–Trinajstić information content (AvgIpc) is 2.95. The van der Waals surface area contributed by atoms with Crippen LogP contribution in [0, 0.1) is 0 Å². The van der Waals surface area contributed by atoms with Crippen LogP contribution >= 0.6 is 23.2 Å². The van der Waals surface area contributed by atoms with Crippen molar-refractivity contribution in [1.29, 1.82) is 0 Å². The minimum atomic E-state index is -0.551. The molecule has 0 unspecified atom stereocenters. The zero-order chi connectivity index (χ0) is 28.4. The Labute approximate surface area is 236 Å². The van der Waals surface area contributed by atoms with Gasteiger partial charge in [-0.25, -0.2) is 14.8 Å². The van der Waals surface area contributed by atoms with Gasteiger partial charge in [-0.05, 0) is 36.4 Å². The Bertz CT molecular complexity index is 1300. The highest BCUT2D eigenvalue weighted by molar-refractivity contribution is 6.41. The highest BCUT2D eigenvalue weighted by atomic mass is 35.5. The number of carbonyl (C=O) groups is 1. The molecule has 3 aromatic rings. The van der Waals surface area contributed by atoms with Gasteiger partial charge < -0.3 is 35.3 Å². The molecule has 0 saturated carbocycles. The number of methoxy groups -OCH3 is 3. The van der Waals surface area contributed by atoms with E-state index in [4.69, 9.17) is 47.9 Å². The largest absolute Gasteiger partial charge is 0.495 e. The summed E-state index contributed by atoms with van der Waals surface area (Å²) in [6, 6.07) is 8.23. The van der Waals surface area contributed by atoms with Gasteiger partial charge in [0.2, 0.25) is 0 Å². The van der Waals surface area contributed by atoms with Crippen LogP contribution in [0.15, 0.2) is 48.9 Å². The molecule has 3 rings (SSSR count). The number of aromatic nitrogens is 2. The van der Waals surface area contributed by atoms with Crippen LogP contribution in [-0.2, 0) is 11.2 Å². The molecule has 208 valence electrons. The van der Waals surface area contributed by atoms with Gasteiger partial charge in [0.1, 0.15) is 51.9 Å². The molecular weight excluding hydrogens is 547 g/mol. The number of hydrogen-bond acceptors (Lipinski definition) is 9. The van der Waals surface area contributed by atoms with Crippen molar-refractivity contribution < 1.29 is 23.7 Å². The molecule has 0 fully saturated rings. The standard InChI is InChI=1S/C26H30Cl2N6O5/c1-34(26(35)33-25-23(27)19(37-3)13-20(38-4)24(25)28)22-14-21(30-15-31-22)32-18-8-7-17(39-11-10-36-2)12-16(18)6-5-9-29/h5,7-9,12-15H,6,10-11,29H2,1-4H3,(H,33,35)(H,30,31,32). The highest BCUT2D eigenvalue weighted by Crippen LogP contribution is 2.44. The minimum absolute atomic E-state index is 0.129. The van der Waals surface area contributed by atoms with E-state index in [0.717, 1.165) is 11.3 Å². The molecule has 0 radical (unpaired) electrons. The Morgan fingerprint density at radius 1 is 1.05 bits per heavy atom. The number of benzene rings is 2. The number of rotatable bonds is 12. The Hall–Kier alpha value is -3.93. The first-order chi connectivity index (χ1) is 18.8. The minimum Gasteiger partial charge on any atom is -0.495 e. The average molecular weight is 577 g/mol. The van der Waals surface area contributed by atoms with Crippen molar-refractivity contribution in [3.8, 4) is 17.2 Å². The molecule has 0 atom stereocenters. The molecule has 0 spiro atoms. The Balaban J connectivity index is 1.81. The molecule has 2 amide bonds. The number of nitrogens with two attached hydrogens (primary N) is 1. The molecule has 0 aliphatic carbocycles. The van der Waals surface area contributed by atoms with E-state index in [1.807, 2.05) is 24.3 Å². The molecule has 1 aromatic heterocycles. The first-order valence-electron chi connectivity index (χ1n) is 11.7. The van der Waals surface area contributed by atoms with E-state index in [-0.39, 0.29) is 15.7 Å². The summed E-state index contributed by atoms with van der Waals surface area (Å²) in [6.07, 6.45) is 5.21. The van der Waals surface area contributed by atoms with Gasteiger partial charge in [-0.15, -0.1) is 0 Å². The smallest absolute Gasteiger partial charge is 0.327 e. The summed E-state index contributed by atoms with van der Waals surface area (Å²) < 4.78 is 21.3. The lowest BCUT2D eigenvalue weighted by Gasteiger charge is -2.20. The first kappa shape index (κ1) is 29.6. The van der Waals surface area contributed by atoms with Crippen LogP contribution in [0.2, 0.25) is 10.0 Å². The third kappa shape index (κ3) is 7.56. The van der Waals surface area contributed by atoms with Gasteiger partial charge >= 0.3 is 6.03 Å². The van der Waals surface area contributed by atoms with Crippen LogP contribution < -0.4 is 35.5 Å². The number of hydrogen-bond donors (Lipinski definition) is 3. The van der Waals surface area contributed by atoms with Crippen molar-refractivity contribution in [2.24, 2.45) is 5.73 Å². The predicted octanol–water partition coefficient (Wildman–Crippen LogP) is 5.25. The summed E-state index contributed by atoms with van der Waals surface area (Å²) in [7, 11) is 6.05. The van der Waals surface area contributed by atoms with Crippen LogP contribution in [0.25, 0.3) is 0 Å². The summed E-state index contributed by atoms with van der Waals surface area (Å²) in [5.41, 5.74) is 7.41. The van der Waals surface area contributed by atoms with Crippen molar-refractivity contribution in [2.75, 3.05) is 57.1 Å². The third-order valence-corrected chi connectivity index (χ3v) is 6.23. The number of urea groups is 1. The third-order valence-electron chi connectivity index (χ3n) is 5.48. The van der Waals surface area contributed by atoms with E-state index in [1.54, 1.807) is 20.2 Å². The number of halogens is 2. The molecule has 0 aliphatic heterocycles. The molecule has 0 aliphatic rings. The molecule has 0 bridgehead atoms. The lowest BCUT2D eigenvalue weighted by atomic mass is 10.1. The SMILES string of the molecule is COCCOc1ccc(Nc2cc(N(C)C(=O)Nc3c(Cl)c(OC)cc(OC)c3Cl)ncn2)c(CC=CN)c1. The second-order valence-electron chi connectivity index (χ2n) is 7.95. The van der Waals surface area contributed by atoms with Crippen molar-refractivity contribution in [3.63, 3.8) is 0 Å². The molecule has 0 saturated heterocycles. The fourth-order valence-corrected chi connectivity index (χ4v) is 4.01. The lowest BCUT2D eigenvalue weighted by Crippen LogP contribution is -2.32. The zero-order valence-corrected chi connectivity index (χ0v) is 23.5. The van der Waals surface area contributed by atoms with Gasteiger partial charge in [-0.2, -0.15) is 0 Å². The van der Waals surface area contributed by atoms with Crippen LogP contribution in [0.3, 0.4) is 0 Å². The molecule has 1 heterocycles. The second-order valence-corrected chi connectivity index (χ2v) is 8.71. The van der Waals surface area contributed by atoms with Crippen molar-refractivity contribution in [2.45, 2.75) is 6.42 Å². The second kappa shape index (κ2) is 14.3. The Morgan fingerprint density at radius 2 is 1.77 bits per heavy atom. The van der Waals surface area contributed by atoms with E-state index >= 15 is 0 Å². The van der Waals surface area contributed by atoms with E-state index in [0.29, 0.717) is 48.5 Å². The van der Waals surface area contributed by atoms with Gasteiger partial charge in [0.05, 0.1) is 26.5 Å². The maximum absolute atomic E-state index is 13.1. The highest BCUT2D eigenvalue weighted by Gasteiger charge is 2.22. The monoisotopic (exact) mass is 576 g/mol. The van der Waals surface area contributed by atoms with Crippen molar-refractivity contribution >= 4 is 52.2 Å². The molecule has 13 heteroatoms. The molecule has 4 N–H and O–H groups in total. The van der Waals surface area contributed by atoms with E-state index in [1.165, 1.54) is 37.7 Å².